The van der Waals surface area contributed by atoms with Crippen molar-refractivity contribution in [3.63, 3.8) is 0 Å². The van der Waals surface area contributed by atoms with E-state index in [1.54, 1.807) is 0 Å². The first-order valence-corrected chi connectivity index (χ1v) is 7.60. The van der Waals surface area contributed by atoms with Crippen molar-refractivity contribution in [1.82, 2.24) is 0 Å². The van der Waals surface area contributed by atoms with Crippen LogP contribution >= 0.6 is 0 Å². The Labute approximate surface area is 128 Å². The normalized spacial score (nSPS) is 14.3. The molecule has 1 aliphatic heterocycles. The predicted octanol–water partition coefficient (Wildman–Crippen LogP) is -0.717. The molecule has 0 bridgehead atoms. The summed E-state index contributed by atoms with van der Waals surface area (Å²) in [5.41, 5.74) is -0.602. The Morgan fingerprint density at radius 1 is 0.619 bits per heavy atom. The van der Waals surface area contributed by atoms with Crippen molar-refractivity contribution in [1.29, 1.82) is 0 Å². The van der Waals surface area contributed by atoms with Crippen LogP contribution in [0.25, 0.3) is 0 Å². The van der Waals surface area contributed by atoms with Crippen LogP contribution in [0.2, 0.25) is 0 Å². The number of hydrogen-bond acceptors (Lipinski definition) is 8. The Hall–Kier alpha value is -1.95. The van der Waals surface area contributed by atoms with Gasteiger partial charge in [-0.05, 0) is 0 Å². The molecule has 118 valence electrons. The van der Waals surface area contributed by atoms with Gasteiger partial charge in [-0.25, -0.2) is 0 Å². The Morgan fingerprint density at radius 3 is 1.14 bits per heavy atom. The van der Waals surface area contributed by atoms with Gasteiger partial charge in [-0.3, -0.25) is 0 Å². The number of esters is 4. The third-order valence-electron chi connectivity index (χ3n) is 2.30. The van der Waals surface area contributed by atoms with Crippen molar-refractivity contribution >= 4 is 23.9 Å². The second-order valence-corrected chi connectivity index (χ2v) is 6.20. The third-order valence-corrected chi connectivity index (χ3v) is 5.50. The zero-order chi connectivity index (χ0) is 16.2. The average Bonchev–Trinajstić information content (AvgIpc) is 2.91. The molecule has 0 aromatic heterocycles. The topological polar surface area (TPSA) is 105 Å². The van der Waals surface area contributed by atoms with Crippen molar-refractivity contribution in [3.8, 4) is 0 Å². The molecule has 0 aromatic rings. The van der Waals surface area contributed by atoms with E-state index in [2.05, 4.69) is 18.9 Å². The van der Waals surface area contributed by atoms with E-state index in [1.807, 2.05) is 0 Å². The summed E-state index contributed by atoms with van der Waals surface area (Å²) >= 11 is -1.45. The molecule has 0 amide bonds. The molecule has 0 spiro atoms. The summed E-state index contributed by atoms with van der Waals surface area (Å²) in [6.07, 6.45) is 0. The van der Waals surface area contributed by atoms with Crippen LogP contribution in [0.4, 0.5) is 0 Å². The Bertz CT molecular complexity index is 522. The Morgan fingerprint density at radius 2 is 0.905 bits per heavy atom. The zero-order valence-corrected chi connectivity index (χ0v) is 13.9. The van der Waals surface area contributed by atoms with Gasteiger partial charge in [0.25, 0.3) is 0 Å². The maximum absolute atomic E-state index is 11.9. The van der Waals surface area contributed by atoms with Crippen LogP contribution in [0.1, 0.15) is 0 Å². The van der Waals surface area contributed by atoms with Gasteiger partial charge in [0, 0.05) is 0 Å². The molecule has 0 aromatic carbocycles. The summed E-state index contributed by atoms with van der Waals surface area (Å²) in [6, 6.07) is 0. The molecule has 0 saturated carbocycles. The van der Waals surface area contributed by atoms with Crippen molar-refractivity contribution in [3.05, 3.63) is 19.1 Å². The van der Waals surface area contributed by atoms with Gasteiger partial charge in [0.15, 0.2) is 0 Å². The minimum absolute atomic E-state index is 0.0508. The van der Waals surface area contributed by atoms with E-state index in [0.717, 1.165) is 28.4 Å². The summed E-state index contributed by atoms with van der Waals surface area (Å²) < 4.78 is 18.2. The second-order valence-electron chi connectivity index (χ2n) is 3.36. The minimum atomic E-state index is -1.45. The predicted molar refractivity (Wildman–Crippen MR) is 62.1 cm³/mol. The van der Waals surface area contributed by atoms with E-state index in [9.17, 15) is 19.2 Å². The van der Waals surface area contributed by atoms with Crippen LogP contribution in [-0.4, -0.2) is 52.3 Å². The number of hydrogen-bond donors (Lipinski definition) is 0. The summed E-state index contributed by atoms with van der Waals surface area (Å²) in [7, 11) is 4.44. The van der Waals surface area contributed by atoms with Gasteiger partial charge >= 0.3 is 128 Å². The molecule has 1 rings (SSSR count). The van der Waals surface area contributed by atoms with Crippen LogP contribution in [0.5, 0.6) is 0 Å². The average molecular weight is 479 g/mol. The van der Waals surface area contributed by atoms with Gasteiger partial charge in [-0.1, -0.05) is 0 Å². The van der Waals surface area contributed by atoms with Crippen LogP contribution in [0.3, 0.4) is 0 Å². The molecule has 0 fully saturated rings. The van der Waals surface area contributed by atoms with Gasteiger partial charge in [-0.15, -0.1) is 0 Å². The van der Waals surface area contributed by atoms with Gasteiger partial charge < -0.3 is 0 Å². The van der Waals surface area contributed by atoms with E-state index < -0.39 is 42.4 Å². The fourth-order valence-corrected chi connectivity index (χ4v) is 4.47. The zero-order valence-electron chi connectivity index (χ0n) is 11.6. The van der Waals surface area contributed by atoms with Crippen LogP contribution in [0, 0.1) is 0 Å². The second kappa shape index (κ2) is 7.17. The molecule has 0 saturated heterocycles. The Balaban J connectivity index is 3.54. The summed E-state index contributed by atoms with van der Waals surface area (Å²) in [4.78, 5) is 47.3. The van der Waals surface area contributed by atoms with Gasteiger partial charge in [0.1, 0.15) is 0 Å². The molecule has 1 heterocycles. The molecule has 0 atom stereocenters. The van der Waals surface area contributed by atoms with Crippen molar-refractivity contribution in [2.45, 2.75) is 0 Å². The molecular weight excluding hydrogens is 467 g/mol. The van der Waals surface area contributed by atoms with E-state index in [1.165, 1.54) is 0 Å². The summed E-state index contributed by atoms with van der Waals surface area (Å²) in [6.45, 7) is 0. The number of carbonyl (C=O) groups is 4. The van der Waals surface area contributed by atoms with E-state index in [0.29, 0.717) is 0 Å². The monoisotopic (exact) mass is 479 g/mol. The van der Waals surface area contributed by atoms with Crippen molar-refractivity contribution in [2.75, 3.05) is 28.4 Å². The molecular formula is C12H12O8Pt. The van der Waals surface area contributed by atoms with Crippen LogP contribution in [-0.2, 0) is 56.7 Å². The quantitative estimate of drug-likeness (QED) is 0.385. The molecule has 9 heteroatoms. The number of rotatable bonds is 4. The maximum atomic E-state index is 11.9. The van der Waals surface area contributed by atoms with Crippen LogP contribution < -0.4 is 0 Å². The molecule has 0 aliphatic carbocycles. The number of carbonyl (C=O) groups excluding carboxylic acids is 4. The molecule has 8 nitrogen and oxygen atoms in total. The Kier molecular flexibility index (Phi) is 5.84. The van der Waals surface area contributed by atoms with E-state index in [4.69, 9.17) is 0 Å². The van der Waals surface area contributed by atoms with Crippen LogP contribution in [0.15, 0.2) is 19.1 Å². The fraction of sp³-hybridized carbons (Fsp3) is 0.333. The fourth-order valence-electron chi connectivity index (χ4n) is 1.37. The van der Waals surface area contributed by atoms with Gasteiger partial charge in [0.05, 0.1) is 0 Å². The van der Waals surface area contributed by atoms with Crippen molar-refractivity contribution < 1.29 is 56.7 Å². The van der Waals surface area contributed by atoms with Gasteiger partial charge in [-0.2, -0.15) is 0 Å². The van der Waals surface area contributed by atoms with E-state index >= 15 is 0 Å². The molecule has 1 aliphatic rings. The first-order chi connectivity index (χ1) is 9.92. The SMILES string of the molecule is COC(=O)[C]1=C(C(=O)OC)C(C(=O)OC)=[C](C(=O)OC)[Pt]1. The number of methoxy groups -OCH3 is 4. The third kappa shape index (κ3) is 3.21. The summed E-state index contributed by atoms with van der Waals surface area (Å²) in [5.74, 6) is -3.45. The van der Waals surface area contributed by atoms with Gasteiger partial charge in [0.2, 0.25) is 0 Å². The molecule has 0 unspecified atom stereocenters. The molecule has 0 radical (unpaired) electrons. The first kappa shape index (κ1) is 17.1. The molecule has 0 N–H and O–H groups in total. The molecule has 21 heavy (non-hydrogen) atoms. The van der Waals surface area contributed by atoms with E-state index in [-0.39, 0.29) is 19.1 Å². The standard InChI is InChI=1S/C12H12O8.Pt/c1-17-9(13)5-7(11(15)19-3)8(12(16)20-4)6-10(14)18-2;/h1-4H3;. The summed E-state index contributed by atoms with van der Waals surface area (Å²) in [5, 5.41) is 0. The number of ether oxygens (including phenoxy) is 4. The first-order valence-electron chi connectivity index (χ1n) is 5.33. The van der Waals surface area contributed by atoms with Crippen molar-refractivity contribution in [2.24, 2.45) is 0 Å².